The quantitative estimate of drug-likeness (QED) is 0.381. The highest BCUT2D eigenvalue weighted by molar-refractivity contribution is 5.97. The zero-order valence-electron chi connectivity index (χ0n) is 10.7. The maximum atomic E-state index is 11.9. The van der Waals surface area contributed by atoms with Gasteiger partial charge in [-0.2, -0.15) is 0 Å². The predicted octanol–water partition coefficient (Wildman–Crippen LogP) is 2.44. The van der Waals surface area contributed by atoms with Crippen molar-refractivity contribution >= 4 is 17.3 Å². The van der Waals surface area contributed by atoms with Crippen LogP contribution in [0.15, 0.2) is 12.1 Å². The first-order valence-corrected chi connectivity index (χ1v) is 6.20. The first-order valence-electron chi connectivity index (χ1n) is 6.20. The smallest absolute Gasteiger partial charge is 0.340 e. The molecule has 1 aromatic rings. The molecule has 6 nitrogen and oxygen atoms in total. The minimum absolute atomic E-state index is 0.0718. The lowest BCUT2D eigenvalue weighted by molar-refractivity contribution is -0.384. The van der Waals surface area contributed by atoms with Crippen LogP contribution in [0.3, 0.4) is 0 Å². The van der Waals surface area contributed by atoms with E-state index >= 15 is 0 Å². The molecule has 6 heteroatoms. The lowest BCUT2D eigenvalue weighted by atomic mass is 10.1. The van der Waals surface area contributed by atoms with Crippen molar-refractivity contribution in [2.24, 2.45) is 5.92 Å². The Morgan fingerprint density at radius 3 is 2.79 bits per heavy atom. The van der Waals surface area contributed by atoms with Crippen LogP contribution in [0.4, 0.5) is 11.4 Å². The van der Waals surface area contributed by atoms with Gasteiger partial charge in [-0.05, 0) is 30.9 Å². The minimum Gasteiger partial charge on any atom is -0.462 e. The Morgan fingerprint density at radius 1 is 1.53 bits per heavy atom. The molecule has 1 saturated carbocycles. The zero-order chi connectivity index (χ0) is 14.0. The molecule has 0 aromatic heterocycles. The average Bonchev–Trinajstić information content (AvgIpc) is 3.15. The van der Waals surface area contributed by atoms with Crippen molar-refractivity contribution in [1.29, 1.82) is 0 Å². The van der Waals surface area contributed by atoms with Crippen molar-refractivity contribution in [2.75, 3.05) is 12.3 Å². The van der Waals surface area contributed by atoms with E-state index in [1.807, 2.05) is 0 Å². The Bertz CT molecular complexity index is 524. The Morgan fingerprint density at radius 2 is 2.21 bits per heavy atom. The van der Waals surface area contributed by atoms with Crippen molar-refractivity contribution in [3.05, 3.63) is 33.4 Å². The molecule has 0 atom stereocenters. The number of carbonyl (C=O) groups is 1. The highest BCUT2D eigenvalue weighted by Crippen LogP contribution is 2.32. The molecule has 102 valence electrons. The summed E-state index contributed by atoms with van der Waals surface area (Å²) in [7, 11) is 0. The third-order valence-electron chi connectivity index (χ3n) is 3.18. The Labute approximate surface area is 110 Å². The van der Waals surface area contributed by atoms with Gasteiger partial charge in [0.2, 0.25) is 0 Å². The fourth-order valence-electron chi connectivity index (χ4n) is 1.90. The van der Waals surface area contributed by atoms with Crippen molar-refractivity contribution in [1.82, 2.24) is 0 Å². The highest BCUT2D eigenvalue weighted by atomic mass is 16.6. The maximum absolute atomic E-state index is 11.9. The molecule has 0 unspecified atom stereocenters. The first-order chi connectivity index (χ1) is 8.99. The number of nitro groups is 1. The average molecular weight is 264 g/mol. The van der Waals surface area contributed by atoms with Crippen molar-refractivity contribution in [3.8, 4) is 0 Å². The van der Waals surface area contributed by atoms with Crippen molar-refractivity contribution < 1.29 is 14.5 Å². The summed E-state index contributed by atoms with van der Waals surface area (Å²) < 4.78 is 5.11. The second-order valence-corrected chi connectivity index (χ2v) is 4.87. The molecule has 0 aliphatic heterocycles. The summed E-state index contributed by atoms with van der Waals surface area (Å²) in [4.78, 5) is 22.1. The molecule has 2 rings (SSSR count). The van der Waals surface area contributed by atoms with Gasteiger partial charge in [-0.15, -0.1) is 0 Å². The third-order valence-corrected chi connectivity index (χ3v) is 3.18. The highest BCUT2D eigenvalue weighted by Gasteiger charge is 2.24. The molecule has 19 heavy (non-hydrogen) atoms. The van der Waals surface area contributed by atoms with Crippen molar-refractivity contribution in [2.45, 2.75) is 26.2 Å². The number of hydrogen-bond donors (Lipinski definition) is 1. The van der Waals surface area contributed by atoms with Gasteiger partial charge in [-0.3, -0.25) is 10.1 Å². The Balaban J connectivity index is 2.12. The lowest BCUT2D eigenvalue weighted by Gasteiger charge is -2.08. The Hall–Kier alpha value is -2.11. The molecule has 0 spiro atoms. The van der Waals surface area contributed by atoms with Crippen LogP contribution in [0, 0.1) is 23.0 Å². The first kappa shape index (κ1) is 13.3. The molecular formula is C13H16N2O4. The second-order valence-electron chi connectivity index (χ2n) is 4.87. The van der Waals surface area contributed by atoms with Crippen LogP contribution in [-0.4, -0.2) is 17.5 Å². The van der Waals surface area contributed by atoms with Crippen LogP contribution < -0.4 is 5.73 Å². The van der Waals surface area contributed by atoms with Crippen LogP contribution in [0.1, 0.15) is 35.2 Å². The van der Waals surface area contributed by atoms with Crippen molar-refractivity contribution in [3.63, 3.8) is 0 Å². The number of carbonyl (C=O) groups excluding carboxylic acids is 1. The fourth-order valence-corrected chi connectivity index (χ4v) is 1.90. The number of nitro benzene ring substituents is 1. The number of benzene rings is 1. The molecule has 0 bridgehead atoms. The molecule has 1 aliphatic rings. The van der Waals surface area contributed by atoms with Crippen LogP contribution in [-0.2, 0) is 4.74 Å². The summed E-state index contributed by atoms with van der Waals surface area (Å²) in [5.41, 5.74) is 5.95. The number of aryl methyl sites for hydroxylation is 1. The van der Waals surface area contributed by atoms with E-state index in [4.69, 9.17) is 10.5 Å². The Kier molecular flexibility index (Phi) is 3.69. The molecular weight excluding hydrogens is 248 g/mol. The van der Waals surface area contributed by atoms with E-state index in [1.165, 1.54) is 25.0 Å². The van der Waals surface area contributed by atoms with Gasteiger partial charge >= 0.3 is 5.97 Å². The second kappa shape index (κ2) is 5.26. The van der Waals surface area contributed by atoms with Gasteiger partial charge < -0.3 is 10.5 Å². The summed E-state index contributed by atoms with van der Waals surface area (Å²) in [6.07, 6.45) is 3.23. The van der Waals surface area contributed by atoms with Gasteiger partial charge in [-0.1, -0.05) is 12.8 Å². The van der Waals surface area contributed by atoms with E-state index in [0.717, 1.165) is 6.42 Å². The monoisotopic (exact) mass is 264 g/mol. The largest absolute Gasteiger partial charge is 0.462 e. The number of nitrogens with two attached hydrogens (primary N) is 1. The van der Waals surface area contributed by atoms with E-state index in [2.05, 4.69) is 0 Å². The topological polar surface area (TPSA) is 95.5 Å². The molecule has 1 fully saturated rings. The van der Waals surface area contributed by atoms with E-state index in [-0.39, 0.29) is 16.9 Å². The summed E-state index contributed by atoms with van der Waals surface area (Å²) >= 11 is 0. The number of hydrogen-bond acceptors (Lipinski definition) is 5. The van der Waals surface area contributed by atoms with E-state index in [9.17, 15) is 14.9 Å². The number of esters is 1. The number of rotatable bonds is 5. The van der Waals surface area contributed by atoms with Gasteiger partial charge in [0.15, 0.2) is 0 Å². The van der Waals surface area contributed by atoms with Gasteiger partial charge in [-0.25, -0.2) is 4.79 Å². The normalized spacial score (nSPS) is 14.2. The number of nitrogens with zero attached hydrogens (tertiary/aromatic N) is 1. The molecule has 0 radical (unpaired) electrons. The molecule has 0 saturated heterocycles. The van der Waals surface area contributed by atoms with Crippen LogP contribution in [0.25, 0.3) is 0 Å². The third kappa shape index (κ3) is 3.21. The van der Waals surface area contributed by atoms with Gasteiger partial charge in [0.05, 0.1) is 17.1 Å². The molecule has 2 N–H and O–H groups in total. The standard InChI is InChI=1S/C13H16N2O4/c1-8-6-10(12(14)11(7-8)15(17)18)13(16)19-5-4-9-2-3-9/h6-7,9H,2-5,14H2,1H3. The number of anilines is 1. The summed E-state index contributed by atoms with van der Waals surface area (Å²) in [6, 6.07) is 2.86. The van der Waals surface area contributed by atoms with Crippen LogP contribution >= 0.6 is 0 Å². The minimum atomic E-state index is -0.594. The zero-order valence-corrected chi connectivity index (χ0v) is 10.7. The van der Waals surface area contributed by atoms with E-state index in [0.29, 0.717) is 18.1 Å². The molecule has 1 aliphatic carbocycles. The molecule has 1 aromatic carbocycles. The lowest BCUT2D eigenvalue weighted by Crippen LogP contribution is -2.11. The fraction of sp³-hybridized carbons (Fsp3) is 0.462. The van der Waals surface area contributed by atoms with Gasteiger partial charge in [0, 0.05) is 6.07 Å². The number of ether oxygens (including phenoxy) is 1. The predicted molar refractivity (Wildman–Crippen MR) is 69.9 cm³/mol. The van der Waals surface area contributed by atoms with Gasteiger partial charge in [0.25, 0.3) is 5.69 Å². The SMILES string of the molecule is Cc1cc(C(=O)OCCC2CC2)c(N)c([N+](=O)[O-])c1. The molecule has 0 amide bonds. The van der Waals surface area contributed by atoms with Crippen LogP contribution in [0.5, 0.6) is 0 Å². The number of nitrogen functional groups attached to an aromatic ring is 1. The molecule has 0 heterocycles. The summed E-state index contributed by atoms with van der Waals surface area (Å²) in [6.45, 7) is 2.01. The van der Waals surface area contributed by atoms with E-state index in [1.54, 1.807) is 6.92 Å². The summed E-state index contributed by atoms with van der Waals surface area (Å²) in [5.74, 6) is 0.0712. The van der Waals surface area contributed by atoms with E-state index < -0.39 is 10.9 Å². The summed E-state index contributed by atoms with van der Waals surface area (Å²) in [5, 5.41) is 10.8. The van der Waals surface area contributed by atoms with Crippen LogP contribution in [0.2, 0.25) is 0 Å². The maximum Gasteiger partial charge on any atom is 0.340 e. The van der Waals surface area contributed by atoms with Gasteiger partial charge in [0.1, 0.15) is 5.69 Å².